The zero-order valence-electron chi connectivity index (χ0n) is 38.7. The van der Waals surface area contributed by atoms with Crippen molar-refractivity contribution in [2.24, 2.45) is 23.7 Å². The molecule has 0 aliphatic rings. The molecule has 4 atom stereocenters. The van der Waals surface area contributed by atoms with Crippen LogP contribution in [0.5, 0.6) is 0 Å². The third-order valence-electron chi connectivity index (χ3n) is 11.8. The predicted molar refractivity (Wildman–Crippen MR) is 242 cm³/mol. The lowest BCUT2D eigenvalue weighted by Gasteiger charge is -2.29. The van der Waals surface area contributed by atoms with Crippen LogP contribution in [-0.2, 0) is 13.6 Å². The third-order valence-corrected chi connectivity index (χ3v) is 13.5. The lowest BCUT2D eigenvalue weighted by atomic mass is 9.91. The van der Waals surface area contributed by atoms with E-state index in [-0.39, 0.29) is 19.5 Å². The first kappa shape index (κ1) is 55.0. The lowest BCUT2D eigenvalue weighted by Crippen LogP contribution is -2.40. The molecular formula is C48H101NO5Si. The van der Waals surface area contributed by atoms with E-state index >= 15 is 0 Å². The van der Waals surface area contributed by atoms with Crippen LogP contribution >= 0.6 is 0 Å². The topological polar surface area (TPSA) is 71.4 Å². The molecule has 0 heterocycles. The molecule has 0 aromatic heterocycles. The van der Waals surface area contributed by atoms with Gasteiger partial charge in [-0.05, 0) is 75.4 Å². The summed E-state index contributed by atoms with van der Waals surface area (Å²) in [5, 5.41) is 18.5. The van der Waals surface area contributed by atoms with Gasteiger partial charge in [0.1, 0.15) is 6.29 Å². The van der Waals surface area contributed by atoms with Gasteiger partial charge in [0.25, 0.3) is 0 Å². The second-order valence-electron chi connectivity index (χ2n) is 18.7. The van der Waals surface area contributed by atoms with Gasteiger partial charge in [0.05, 0.1) is 13.2 Å². The zero-order chi connectivity index (χ0) is 40.8. The molecule has 55 heavy (non-hydrogen) atoms. The van der Waals surface area contributed by atoms with Gasteiger partial charge in [-0.1, -0.05) is 189 Å². The maximum atomic E-state index is 9.24. The van der Waals surface area contributed by atoms with Gasteiger partial charge in [0, 0.05) is 26.3 Å². The van der Waals surface area contributed by atoms with Crippen molar-refractivity contribution in [3.05, 3.63) is 0 Å². The lowest BCUT2D eigenvalue weighted by molar-refractivity contribution is -0.106. The molecule has 0 amide bonds. The van der Waals surface area contributed by atoms with Gasteiger partial charge in [0.2, 0.25) is 0 Å². The summed E-state index contributed by atoms with van der Waals surface area (Å²) in [4.78, 5) is 2.14. The molecule has 6 nitrogen and oxygen atoms in total. The smallest absolute Gasteiger partial charge is 0.333 e. The van der Waals surface area contributed by atoms with Crippen LogP contribution in [0.4, 0.5) is 0 Å². The molecule has 0 rings (SSSR count). The molecule has 0 radical (unpaired) electrons. The van der Waals surface area contributed by atoms with Crippen LogP contribution in [0.3, 0.4) is 0 Å². The van der Waals surface area contributed by atoms with E-state index in [1.807, 2.05) is 0 Å². The molecule has 7 heteroatoms. The molecule has 0 saturated carbocycles. The number of ether oxygens (including phenoxy) is 1. The first-order chi connectivity index (χ1) is 26.5. The van der Waals surface area contributed by atoms with Crippen molar-refractivity contribution >= 4 is 8.56 Å². The summed E-state index contributed by atoms with van der Waals surface area (Å²) >= 11 is 0. The minimum Gasteiger partial charge on any atom is -0.395 e. The molecule has 0 fully saturated rings. The molecule has 0 saturated heterocycles. The van der Waals surface area contributed by atoms with Crippen LogP contribution in [-0.4, -0.2) is 76.0 Å². The second kappa shape index (κ2) is 39.4. The number of hydrogen-bond acceptors (Lipinski definition) is 6. The van der Waals surface area contributed by atoms with Crippen LogP contribution < -0.4 is 0 Å². The van der Waals surface area contributed by atoms with Gasteiger partial charge >= 0.3 is 8.56 Å². The molecule has 0 spiro atoms. The molecule has 0 aromatic carbocycles. The fourth-order valence-corrected chi connectivity index (χ4v) is 9.44. The monoisotopic (exact) mass is 800 g/mol. The summed E-state index contributed by atoms with van der Waals surface area (Å²) in [6.45, 7) is 22.7. The largest absolute Gasteiger partial charge is 0.395 e. The fourth-order valence-electron chi connectivity index (χ4n) is 7.92. The quantitative estimate of drug-likeness (QED) is 0.0363. The molecule has 4 unspecified atom stereocenters. The van der Waals surface area contributed by atoms with Gasteiger partial charge in [-0.25, -0.2) is 0 Å². The third kappa shape index (κ3) is 39.2. The summed E-state index contributed by atoms with van der Waals surface area (Å²) in [6, 6.07) is 0. The van der Waals surface area contributed by atoms with Crippen LogP contribution in [0.25, 0.3) is 0 Å². The Morgan fingerprint density at radius 3 is 1.38 bits per heavy atom. The molecule has 0 aliphatic heterocycles. The maximum absolute atomic E-state index is 9.24. The van der Waals surface area contributed by atoms with Gasteiger partial charge in [0.15, 0.2) is 0 Å². The van der Waals surface area contributed by atoms with E-state index in [0.29, 0.717) is 19.0 Å². The number of aliphatic hydroxyl groups excluding tert-OH is 2. The first-order valence-electron chi connectivity index (χ1n) is 24.4. The van der Waals surface area contributed by atoms with Crippen molar-refractivity contribution in [2.75, 3.05) is 46.1 Å². The van der Waals surface area contributed by atoms with Crippen molar-refractivity contribution in [1.82, 2.24) is 4.90 Å². The van der Waals surface area contributed by atoms with Crippen molar-refractivity contribution in [2.45, 2.75) is 241 Å². The SMILES string of the molecule is CCCCCCCCCCCCCCCC(OCCC(C)CCCC(C)CCCC(C)CCCC(C)C)O[Si](C)(C)OCCCCCCN(CCO)CCO. The normalized spacial score (nSPS) is 14.6. The number of rotatable bonds is 44. The Balaban J connectivity index is 4.53. The molecular weight excluding hydrogens is 699 g/mol. The molecule has 332 valence electrons. The van der Waals surface area contributed by atoms with Crippen molar-refractivity contribution in [1.29, 1.82) is 0 Å². The number of unbranched alkanes of at least 4 members (excludes halogenated alkanes) is 15. The maximum Gasteiger partial charge on any atom is 0.333 e. The van der Waals surface area contributed by atoms with Crippen LogP contribution in [0, 0.1) is 23.7 Å². The molecule has 0 bridgehead atoms. The van der Waals surface area contributed by atoms with Gasteiger partial charge in [-0.15, -0.1) is 0 Å². The van der Waals surface area contributed by atoms with Crippen LogP contribution in [0.15, 0.2) is 0 Å². The second-order valence-corrected chi connectivity index (χ2v) is 22.0. The van der Waals surface area contributed by atoms with E-state index < -0.39 is 8.56 Å². The van der Waals surface area contributed by atoms with Gasteiger partial charge in [-0.3, -0.25) is 4.90 Å². The summed E-state index contributed by atoms with van der Waals surface area (Å²) in [5.41, 5.74) is 0. The van der Waals surface area contributed by atoms with E-state index in [1.54, 1.807) is 0 Å². The molecule has 0 aliphatic carbocycles. The van der Waals surface area contributed by atoms with E-state index in [0.717, 1.165) is 76.0 Å². The highest BCUT2D eigenvalue weighted by Crippen LogP contribution is 2.24. The van der Waals surface area contributed by atoms with Gasteiger partial charge in [-0.2, -0.15) is 0 Å². The standard InChI is InChI=1S/C48H101NO5Si/c1-9-10-11-12-13-14-15-16-17-18-19-20-23-35-48(54-55(7,8)53-42-25-22-21-24-37-49(38-40-50)39-41-51)52-43-36-47(6)34-28-33-46(5)32-27-31-45(4)30-26-29-44(2)3/h44-48,50-51H,9-43H2,1-8H3. The van der Waals surface area contributed by atoms with E-state index in [9.17, 15) is 10.2 Å². The number of hydrogen-bond donors (Lipinski definition) is 2. The molecule has 0 aromatic rings. The van der Waals surface area contributed by atoms with Crippen molar-refractivity contribution in [3.8, 4) is 0 Å². The van der Waals surface area contributed by atoms with E-state index in [1.165, 1.54) is 141 Å². The van der Waals surface area contributed by atoms with Crippen molar-refractivity contribution in [3.63, 3.8) is 0 Å². The van der Waals surface area contributed by atoms with Crippen LogP contribution in [0.1, 0.15) is 221 Å². The van der Waals surface area contributed by atoms with E-state index in [4.69, 9.17) is 13.6 Å². The Morgan fingerprint density at radius 2 is 0.891 bits per heavy atom. The highest BCUT2D eigenvalue weighted by Gasteiger charge is 2.29. The average Bonchev–Trinajstić information content (AvgIpc) is 3.12. The van der Waals surface area contributed by atoms with Crippen molar-refractivity contribution < 1.29 is 23.8 Å². The minimum absolute atomic E-state index is 0.147. The number of nitrogens with zero attached hydrogens (tertiary/aromatic N) is 1. The predicted octanol–water partition coefficient (Wildman–Crippen LogP) is 13.9. The Kier molecular flexibility index (Phi) is 39.4. The first-order valence-corrected chi connectivity index (χ1v) is 27.2. The summed E-state index contributed by atoms with van der Waals surface area (Å²) in [5.74, 6) is 3.26. The Labute approximate surface area is 346 Å². The number of aliphatic hydroxyl groups is 2. The highest BCUT2D eigenvalue weighted by atomic mass is 28.4. The minimum atomic E-state index is -2.31. The average molecular weight is 800 g/mol. The van der Waals surface area contributed by atoms with Crippen LogP contribution in [0.2, 0.25) is 13.1 Å². The highest BCUT2D eigenvalue weighted by molar-refractivity contribution is 6.64. The Hall–Kier alpha value is -0.0231. The Morgan fingerprint density at radius 1 is 0.455 bits per heavy atom. The summed E-state index contributed by atoms with van der Waals surface area (Å²) < 4.78 is 19.6. The molecule has 2 N–H and O–H groups in total. The van der Waals surface area contributed by atoms with E-state index in [2.05, 4.69) is 59.5 Å². The zero-order valence-corrected chi connectivity index (χ0v) is 39.7. The summed E-state index contributed by atoms with van der Waals surface area (Å²) in [6.07, 6.45) is 36.5. The fraction of sp³-hybridized carbons (Fsp3) is 1.00. The summed E-state index contributed by atoms with van der Waals surface area (Å²) in [7, 11) is -2.31. The van der Waals surface area contributed by atoms with Gasteiger partial charge < -0.3 is 23.8 Å². The Bertz CT molecular complexity index is 765.